The van der Waals surface area contributed by atoms with Crippen LogP contribution in [0.2, 0.25) is 0 Å². The van der Waals surface area contributed by atoms with Crippen LogP contribution in [0.5, 0.6) is 0 Å². The average Bonchev–Trinajstić information content (AvgIpc) is 2.17. The molecule has 14 heavy (non-hydrogen) atoms. The van der Waals surface area contributed by atoms with Gasteiger partial charge in [-0.25, -0.2) is 0 Å². The van der Waals surface area contributed by atoms with Gasteiger partial charge in [-0.1, -0.05) is 0 Å². The normalized spacial score (nSPS) is 28.2. The standard InChI is InChI=1S/C8H13F2NO3/c1-5-4-14-6(3-12)2-11(5)8(13)7(9)10/h5-7,12H,2-4H2,1H3. The van der Waals surface area contributed by atoms with Crippen LogP contribution in [-0.2, 0) is 9.53 Å². The van der Waals surface area contributed by atoms with Gasteiger partial charge in [0.15, 0.2) is 0 Å². The van der Waals surface area contributed by atoms with Crippen molar-refractivity contribution >= 4 is 5.91 Å². The first-order chi connectivity index (χ1) is 6.56. The largest absolute Gasteiger partial charge is 0.394 e. The quantitative estimate of drug-likeness (QED) is 0.688. The van der Waals surface area contributed by atoms with E-state index < -0.39 is 18.4 Å². The molecule has 0 bridgehead atoms. The van der Waals surface area contributed by atoms with E-state index in [4.69, 9.17) is 9.84 Å². The summed E-state index contributed by atoms with van der Waals surface area (Å²) >= 11 is 0. The third-order valence-electron chi connectivity index (χ3n) is 2.18. The number of carbonyl (C=O) groups excluding carboxylic acids is 1. The summed E-state index contributed by atoms with van der Waals surface area (Å²) in [5, 5.41) is 8.76. The fraction of sp³-hybridized carbons (Fsp3) is 0.875. The molecule has 1 saturated heterocycles. The highest BCUT2D eigenvalue weighted by atomic mass is 19.3. The number of amides is 1. The van der Waals surface area contributed by atoms with Crippen molar-refractivity contribution in [3.8, 4) is 0 Å². The van der Waals surface area contributed by atoms with Gasteiger partial charge in [-0.15, -0.1) is 0 Å². The van der Waals surface area contributed by atoms with Gasteiger partial charge in [0.05, 0.1) is 25.4 Å². The fourth-order valence-corrected chi connectivity index (χ4v) is 1.36. The van der Waals surface area contributed by atoms with E-state index in [1.54, 1.807) is 6.92 Å². The van der Waals surface area contributed by atoms with Crippen LogP contribution in [0.4, 0.5) is 8.78 Å². The van der Waals surface area contributed by atoms with E-state index in [1.807, 2.05) is 0 Å². The van der Waals surface area contributed by atoms with Gasteiger partial charge < -0.3 is 14.7 Å². The molecule has 82 valence electrons. The Bertz CT molecular complexity index is 213. The molecule has 1 aliphatic heterocycles. The maximum absolute atomic E-state index is 12.1. The van der Waals surface area contributed by atoms with Crippen molar-refractivity contribution in [2.24, 2.45) is 0 Å². The maximum Gasteiger partial charge on any atom is 0.315 e. The molecule has 1 N–H and O–H groups in total. The molecule has 0 spiro atoms. The molecule has 0 radical (unpaired) electrons. The van der Waals surface area contributed by atoms with Gasteiger partial charge in [0.25, 0.3) is 5.91 Å². The Morgan fingerprint density at radius 1 is 1.71 bits per heavy atom. The smallest absolute Gasteiger partial charge is 0.315 e. The summed E-state index contributed by atoms with van der Waals surface area (Å²) in [6, 6.07) is -0.362. The van der Waals surface area contributed by atoms with E-state index in [0.717, 1.165) is 4.90 Å². The molecule has 1 fully saturated rings. The Labute approximate surface area is 80.4 Å². The van der Waals surface area contributed by atoms with Crippen molar-refractivity contribution in [3.05, 3.63) is 0 Å². The number of nitrogens with zero attached hydrogens (tertiary/aromatic N) is 1. The molecule has 0 aliphatic carbocycles. The average molecular weight is 209 g/mol. The molecule has 2 atom stereocenters. The zero-order valence-corrected chi connectivity index (χ0v) is 7.82. The monoisotopic (exact) mass is 209 g/mol. The summed E-state index contributed by atoms with van der Waals surface area (Å²) in [5.41, 5.74) is 0. The van der Waals surface area contributed by atoms with E-state index in [-0.39, 0.29) is 25.8 Å². The highest BCUT2D eigenvalue weighted by Gasteiger charge is 2.33. The summed E-state index contributed by atoms with van der Waals surface area (Å²) in [6.45, 7) is 1.58. The summed E-state index contributed by atoms with van der Waals surface area (Å²) in [6.07, 6.45) is -3.54. The summed E-state index contributed by atoms with van der Waals surface area (Å²) in [4.78, 5) is 12.1. The first-order valence-corrected chi connectivity index (χ1v) is 4.37. The van der Waals surface area contributed by atoms with E-state index in [2.05, 4.69) is 0 Å². The third kappa shape index (κ3) is 2.39. The van der Waals surface area contributed by atoms with Crippen LogP contribution in [0.1, 0.15) is 6.92 Å². The molecule has 1 heterocycles. The molecular weight excluding hydrogens is 196 g/mol. The highest BCUT2D eigenvalue weighted by Crippen LogP contribution is 2.14. The Hall–Kier alpha value is -0.750. The van der Waals surface area contributed by atoms with E-state index in [9.17, 15) is 13.6 Å². The molecule has 0 aromatic carbocycles. The van der Waals surface area contributed by atoms with Crippen molar-refractivity contribution in [2.75, 3.05) is 19.8 Å². The lowest BCUT2D eigenvalue weighted by Gasteiger charge is -2.37. The first kappa shape index (κ1) is 11.3. The number of halogens is 2. The van der Waals surface area contributed by atoms with E-state index in [1.165, 1.54) is 0 Å². The molecular formula is C8H13F2NO3. The second-order valence-corrected chi connectivity index (χ2v) is 3.28. The summed E-state index contributed by atoms with van der Waals surface area (Å²) in [5.74, 6) is -1.20. The lowest BCUT2D eigenvalue weighted by molar-refractivity contribution is -0.157. The van der Waals surface area contributed by atoms with Gasteiger partial charge in [-0.05, 0) is 6.92 Å². The van der Waals surface area contributed by atoms with Crippen LogP contribution in [0.3, 0.4) is 0 Å². The number of aliphatic hydroxyl groups excluding tert-OH is 1. The predicted octanol–water partition coefficient (Wildman–Crippen LogP) is -0.140. The Kier molecular flexibility index (Phi) is 3.77. The molecule has 0 aromatic rings. The SMILES string of the molecule is CC1COC(CO)CN1C(=O)C(F)F. The predicted molar refractivity (Wildman–Crippen MR) is 44.0 cm³/mol. The number of hydrogen-bond acceptors (Lipinski definition) is 3. The topological polar surface area (TPSA) is 49.8 Å². The minimum absolute atomic E-state index is 0.0286. The Morgan fingerprint density at radius 3 is 2.86 bits per heavy atom. The molecule has 1 rings (SSSR count). The van der Waals surface area contributed by atoms with Crippen LogP contribution in [0, 0.1) is 0 Å². The number of morpholine rings is 1. The molecule has 4 nitrogen and oxygen atoms in total. The van der Waals surface area contributed by atoms with Crippen LogP contribution < -0.4 is 0 Å². The van der Waals surface area contributed by atoms with Gasteiger partial charge >= 0.3 is 6.43 Å². The first-order valence-electron chi connectivity index (χ1n) is 4.37. The van der Waals surface area contributed by atoms with Crippen molar-refractivity contribution in [2.45, 2.75) is 25.5 Å². The molecule has 1 aliphatic rings. The minimum Gasteiger partial charge on any atom is -0.394 e. The Morgan fingerprint density at radius 2 is 2.36 bits per heavy atom. The molecule has 2 unspecified atom stereocenters. The Balaban J connectivity index is 2.60. The number of carbonyl (C=O) groups is 1. The van der Waals surface area contributed by atoms with E-state index in [0.29, 0.717) is 0 Å². The summed E-state index contributed by atoms with van der Waals surface area (Å²) in [7, 11) is 0. The zero-order valence-electron chi connectivity index (χ0n) is 7.82. The van der Waals surface area contributed by atoms with Crippen molar-refractivity contribution in [3.63, 3.8) is 0 Å². The van der Waals surface area contributed by atoms with Crippen LogP contribution >= 0.6 is 0 Å². The van der Waals surface area contributed by atoms with Crippen LogP contribution in [0.15, 0.2) is 0 Å². The number of hydrogen-bond donors (Lipinski definition) is 1. The van der Waals surface area contributed by atoms with Crippen molar-refractivity contribution in [1.29, 1.82) is 0 Å². The fourth-order valence-electron chi connectivity index (χ4n) is 1.36. The van der Waals surface area contributed by atoms with Crippen LogP contribution in [0.25, 0.3) is 0 Å². The van der Waals surface area contributed by atoms with E-state index >= 15 is 0 Å². The van der Waals surface area contributed by atoms with Gasteiger partial charge in [-0.3, -0.25) is 4.79 Å². The van der Waals surface area contributed by atoms with Gasteiger partial charge in [0.1, 0.15) is 0 Å². The number of alkyl halides is 2. The number of ether oxygens (including phenoxy) is 1. The summed E-state index contributed by atoms with van der Waals surface area (Å²) < 4.78 is 29.4. The second kappa shape index (κ2) is 4.65. The van der Waals surface area contributed by atoms with Gasteiger partial charge in [-0.2, -0.15) is 8.78 Å². The van der Waals surface area contributed by atoms with Crippen molar-refractivity contribution < 1.29 is 23.4 Å². The minimum atomic E-state index is -2.99. The third-order valence-corrected chi connectivity index (χ3v) is 2.18. The van der Waals surface area contributed by atoms with Crippen LogP contribution in [-0.4, -0.2) is 54.2 Å². The second-order valence-electron chi connectivity index (χ2n) is 3.28. The van der Waals surface area contributed by atoms with Gasteiger partial charge in [0, 0.05) is 6.54 Å². The molecule has 1 amide bonds. The molecule has 0 aromatic heterocycles. The lowest BCUT2D eigenvalue weighted by Crippen LogP contribution is -2.53. The lowest BCUT2D eigenvalue weighted by atomic mass is 10.2. The maximum atomic E-state index is 12.1. The number of rotatable bonds is 2. The molecule has 6 heteroatoms. The van der Waals surface area contributed by atoms with Gasteiger partial charge in [0.2, 0.25) is 0 Å². The molecule has 0 saturated carbocycles. The van der Waals surface area contributed by atoms with Crippen molar-refractivity contribution in [1.82, 2.24) is 4.90 Å². The number of aliphatic hydroxyl groups is 1. The highest BCUT2D eigenvalue weighted by molar-refractivity contribution is 5.79. The zero-order chi connectivity index (χ0) is 10.7.